The Hall–Kier alpha value is -2.61. The maximum atomic E-state index is 12.3. The first-order valence-electron chi connectivity index (χ1n) is 6.90. The quantitative estimate of drug-likeness (QED) is 0.612. The van der Waals surface area contributed by atoms with Crippen molar-refractivity contribution in [3.63, 3.8) is 0 Å². The van der Waals surface area contributed by atoms with Gasteiger partial charge in [0.1, 0.15) is 0 Å². The van der Waals surface area contributed by atoms with Gasteiger partial charge in [0, 0.05) is 0 Å². The fraction of sp³-hybridized carbons (Fsp3) is 0.0526. The van der Waals surface area contributed by atoms with E-state index < -0.39 is 0 Å². The van der Waals surface area contributed by atoms with Crippen molar-refractivity contribution in [1.82, 2.24) is 0 Å². The lowest BCUT2D eigenvalue weighted by molar-refractivity contribution is 0.618. The Balaban J connectivity index is 1.97. The number of anilines is 1. The molecule has 0 spiro atoms. The van der Waals surface area contributed by atoms with Crippen LogP contribution in [0.2, 0.25) is 0 Å². The van der Waals surface area contributed by atoms with Crippen molar-refractivity contribution in [3.8, 4) is 22.3 Å². The minimum absolute atomic E-state index is 0.466. The van der Waals surface area contributed by atoms with Gasteiger partial charge in [-0.15, -0.1) is 4.48 Å². The number of halogens is 1. The predicted octanol–water partition coefficient (Wildman–Crippen LogP) is 5.63. The van der Waals surface area contributed by atoms with E-state index in [2.05, 4.69) is 49.4 Å². The van der Waals surface area contributed by atoms with Crippen LogP contribution >= 0.6 is 0 Å². The maximum Gasteiger partial charge on any atom is 0.0656 e. The van der Waals surface area contributed by atoms with Crippen LogP contribution in [0.3, 0.4) is 0 Å². The second-order valence-electron chi connectivity index (χ2n) is 5.12. The fourth-order valence-corrected chi connectivity index (χ4v) is 2.35. The molecule has 1 N–H and O–H groups in total. The van der Waals surface area contributed by atoms with Crippen LogP contribution in [-0.2, 0) is 0 Å². The summed E-state index contributed by atoms with van der Waals surface area (Å²) in [6, 6.07) is 24.1. The molecule has 0 saturated carbocycles. The van der Waals surface area contributed by atoms with E-state index in [0.29, 0.717) is 5.69 Å². The summed E-state index contributed by atoms with van der Waals surface area (Å²) < 4.78 is 12.3. The number of benzene rings is 3. The van der Waals surface area contributed by atoms with E-state index in [1.54, 1.807) is 17.7 Å². The van der Waals surface area contributed by atoms with Crippen LogP contribution in [0, 0.1) is 6.92 Å². The lowest BCUT2D eigenvalue weighted by Gasteiger charge is -2.07. The highest BCUT2D eigenvalue weighted by Crippen LogP contribution is 2.27. The highest BCUT2D eigenvalue weighted by Gasteiger charge is 2.02. The number of aryl methyl sites for hydroxylation is 1. The smallest absolute Gasteiger partial charge is 0.0656 e. The lowest BCUT2D eigenvalue weighted by atomic mass is 9.98. The number of hydrogen-bond donors (Lipinski definition) is 1. The topological polar surface area (TPSA) is 12.0 Å². The Morgan fingerprint density at radius 3 is 1.71 bits per heavy atom. The molecule has 0 fully saturated rings. The van der Waals surface area contributed by atoms with Gasteiger partial charge >= 0.3 is 0 Å². The van der Waals surface area contributed by atoms with Crippen LogP contribution < -0.4 is 5.54 Å². The first-order chi connectivity index (χ1) is 10.3. The van der Waals surface area contributed by atoms with Crippen LogP contribution in [0.25, 0.3) is 22.3 Å². The summed E-state index contributed by atoms with van der Waals surface area (Å²) in [5.74, 6) is 0. The summed E-state index contributed by atoms with van der Waals surface area (Å²) in [5.41, 5.74) is 7.94. The molecule has 0 aliphatic carbocycles. The van der Waals surface area contributed by atoms with Crippen LogP contribution in [0.5, 0.6) is 0 Å². The SMILES string of the molecule is Cc1ccc(-c2cccc(-c3ccc(NF)cc3)c2)cc1. The minimum atomic E-state index is 0.466. The Bertz CT molecular complexity index is 730. The van der Waals surface area contributed by atoms with Gasteiger partial charge in [-0.2, -0.15) is 0 Å². The molecule has 0 bridgehead atoms. The van der Waals surface area contributed by atoms with Gasteiger partial charge in [-0.3, -0.25) is 0 Å². The Morgan fingerprint density at radius 1 is 0.667 bits per heavy atom. The molecule has 0 aliphatic rings. The molecule has 1 nitrogen and oxygen atoms in total. The molecule has 0 amide bonds. The summed E-state index contributed by atoms with van der Waals surface area (Å²) in [7, 11) is 0. The fourth-order valence-electron chi connectivity index (χ4n) is 2.35. The molecule has 0 atom stereocenters. The first-order valence-corrected chi connectivity index (χ1v) is 6.90. The zero-order valence-corrected chi connectivity index (χ0v) is 11.8. The molecule has 0 unspecified atom stereocenters. The molecular weight excluding hydrogens is 261 g/mol. The molecular formula is C19H16FN. The molecule has 0 saturated heterocycles. The van der Waals surface area contributed by atoms with Crippen LogP contribution in [0.4, 0.5) is 10.2 Å². The number of rotatable bonds is 3. The van der Waals surface area contributed by atoms with Crippen molar-refractivity contribution in [2.75, 3.05) is 5.54 Å². The average Bonchev–Trinajstić information content (AvgIpc) is 2.56. The standard InChI is InChI=1S/C19H16FN/c1-14-5-7-15(8-6-14)17-3-2-4-18(13-17)16-9-11-19(21-20)12-10-16/h2-13,21H,1H3. The lowest BCUT2D eigenvalue weighted by Crippen LogP contribution is -1.84. The van der Waals surface area contributed by atoms with Gasteiger partial charge in [-0.1, -0.05) is 60.2 Å². The van der Waals surface area contributed by atoms with Crippen molar-refractivity contribution in [2.24, 2.45) is 0 Å². The van der Waals surface area contributed by atoms with Crippen LogP contribution in [0.15, 0.2) is 72.8 Å². The molecule has 2 heteroatoms. The third kappa shape index (κ3) is 2.95. The van der Waals surface area contributed by atoms with Crippen molar-refractivity contribution in [3.05, 3.63) is 78.4 Å². The molecule has 104 valence electrons. The van der Waals surface area contributed by atoms with Gasteiger partial charge in [0.05, 0.1) is 5.69 Å². The molecule has 3 aromatic carbocycles. The van der Waals surface area contributed by atoms with Gasteiger partial charge in [0.2, 0.25) is 0 Å². The summed E-state index contributed by atoms with van der Waals surface area (Å²) in [6.07, 6.45) is 0. The Labute approximate surface area is 124 Å². The van der Waals surface area contributed by atoms with E-state index in [0.717, 1.165) is 11.1 Å². The van der Waals surface area contributed by atoms with Crippen molar-refractivity contribution < 1.29 is 4.48 Å². The predicted molar refractivity (Wildman–Crippen MR) is 86.8 cm³/mol. The van der Waals surface area contributed by atoms with E-state index in [1.807, 2.05) is 18.2 Å². The van der Waals surface area contributed by atoms with E-state index >= 15 is 0 Å². The van der Waals surface area contributed by atoms with E-state index in [4.69, 9.17) is 0 Å². The maximum absolute atomic E-state index is 12.3. The Kier molecular flexibility index (Phi) is 3.69. The summed E-state index contributed by atoms with van der Waals surface area (Å²) in [6.45, 7) is 2.08. The van der Waals surface area contributed by atoms with E-state index in [-0.39, 0.29) is 0 Å². The molecule has 3 aromatic rings. The molecule has 3 rings (SSSR count). The molecule has 0 heterocycles. The second-order valence-corrected chi connectivity index (χ2v) is 5.12. The largest absolute Gasteiger partial charge is 0.225 e. The summed E-state index contributed by atoms with van der Waals surface area (Å²) in [4.78, 5) is 0. The number of nitrogens with one attached hydrogen (secondary N) is 1. The van der Waals surface area contributed by atoms with Gasteiger partial charge in [0.25, 0.3) is 0 Å². The van der Waals surface area contributed by atoms with Crippen molar-refractivity contribution in [1.29, 1.82) is 0 Å². The first kappa shape index (κ1) is 13.4. The molecule has 0 radical (unpaired) electrons. The van der Waals surface area contributed by atoms with Gasteiger partial charge in [-0.05, 0) is 47.4 Å². The highest BCUT2D eigenvalue weighted by atomic mass is 19.2. The Morgan fingerprint density at radius 2 is 1.19 bits per heavy atom. The number of hydrogen-bond acceptors (Lipinski definition) is 1. The summed E-state index contributed by atoms with van der Waals surface area (Å²) in [5, 5.41) is 0. The third-order valence-corrected chi connectivity index (χ3v) is 3.57. The van der Waals surface area contributed by atoms with Crippen LogP contribution in [-0.4, -0.2) is 0 Å². The zero-order valence-electron chi connectivity index (χ0n) is 11.8. The van der Waals surface area contributed by atoms with E-state index in [1.165, 1.54) is 16.7 Å². The van der Waals surface area contributed by atoms with Gasteiger partial charge in [0.15, 0.2) is 0 Å². The zero-order chi connectivity index (χ0) is 14.7. The summed E-state index contributed by atoms with van der Waals surface area (Å²) >= 11 is 0. The van der Waals surface area contributed by atoms with Gasteiger partial charge < -0.3 is 0 Å². The van der Waals surface area contributed by atoms with Crippen molar-refractivity contribution >= 4 is 5.69 Å². The third-order valence-electron chi connectivity index (χ3n) is 3.57. The molecule has 0 aliphatic heterocycles. The average molecular weight is 277 g/mol. The van der Waals surface area contributed by atoms with E-state index in [9.17, 15) is 4.48 Å². The molecule has 0 aromatic heterocycles. The van der Waals surface area contributed by atoms with Crippen LogP contribution in [0.1, 0.15) is 5.56 Å². The van der Waals surface area contributed by atoms with Crippen molar-refractivity contribution in [2.45, 2.75) is 6.92 Å². The normalized spacial score (nSPS) is 10.4. The second kappa shape index (κ2) is 5.80. The monoisotopic (exact) mass is 277 g/mol. The minimum Gasteiger partial charge on any atom is -0.225 e. The molecule has 21 heavy (non-hydrogen) atoms. The van der Waals surface area contributed by atoms with Gasteiger partial charge in [-0.25, -0.2) is 5.54 Å². The highest BCUT2D eigenvalue weighted by molar-refractivity contribution is 5.73.